The predicted molar refractivity (Wildman–Crippen MR) is 202 cm³/mol. The Labute approximate surface area is 285 Å². The Bertz CT molecular complexity index is 1970. The summed E-state index contributed by atoms with van der Waals surface area (Å²) in [7, 11) is 0. The fraction of sp³-hybridized carbons (Fsp3) is 0.395. The molecule has 7 rings (SSSR count). The van der Waals surface area contributed by atoms with Gasteiger partial charge in [0, 0.05) is 31.9 Å². The molecule has 46 heavy (non-hydrogen) atoms. The molecule has 0 bridgehead atoms. The highest BCUT2D eigenvalue weighted by Gasteiger charge is 2.40. The second kappa shape index (κ2) is 10.7. The van der Waals surface area contributed by atoms with Crippen molar-refractivity contribution in [3.63, 3.8) is 0 Å². The predicted octanol–water partition coefficient (Wildman–Crippen LogP) is 13.7. The molecule has 0 radical (unpaired) electrons. The standard InChI is InChI=1S/C43H48ClNS/c1-27-19-33-35(42(6,7)17-15-40(33,2)3)24-37(27)45(31-21-29(20-30(44)22-31)28-13-11-10-12-14-28)38-26-46-39-25-36-34(23-32(38)39)41(4,5)16-18-43(36,8)9/h10-14,19-26H,15-18H2,1-9H3. The normalized spacial score (nSPS) is 19.0. The van der Waals surface area contributed by atoms with Gasteiger partial charge in [0.25, 0.3) is 0 Å². The Kier molecular flexibility index (Phi) is 7.35. The molecule has 0 saturated carbocycles. The lowest BCUT2D eigenvalue weighted by Gasteiger charge is -2.43. The molecule has 0 amide bonds. The topological polar surface area (TPSA) is 3.24 Å². The number of nitrogens with zero attached hydrogens (tertiary/aromatic N) is 1. The van der Waals surface area contributed by atoms with Gasteiger partial charge in [0.2, 0.25) is 0 Å². The second-order valence-corrected chi connectivity index (χ2v) is 18.0. The molecule has 1 heterocycles. The monoisotopic (exact) mass is 645 g/mol. The Morgan fingerprint density at radius 1 is 0.587 bits per heavy atom. The number of hydrogen-bond donors (Lipinski definition) is 0. The summed E-state index contributed by atoms with van der Waals surface area (Å²) in [6.45, 7) is 21.7. The van der Waals surface area contributed by atoms with Gasteiger partial charge in [-0.1, -0.05) is 103 Å². The molecule has 0 unspecified atom stereocenters. The highest BCUT2D eigenvalue weighted by molar-refractivity contribution is 7.17. The van der Waals surface area contributed by atoms with Crippen LogP contribution in [0.25, 0.3) is 21.2 Å². The van der Waals surface area contributed by atoms with Gasteiger partial charge >= 0.3 is 0 Å². The Hall–Kier alpha value is -3.07. The van der Waals surface area contributed by atoms with Crippen molar-refractivity contribution >= 4 is 50.1 Å². The Morgan fingerprint density at radius 3 is 1.74 bits per heavy atom. The van der Waals surface area contributed by atoms with Crippen LogP contribution in [0, 0.1) is 6.92 Å². The van der Waals surface area contributed by atoms with Crippen molar-refractivity contribution in [2.24, 2.45) is 0 Å². The number of anilines is 3. The lowest BCUT2D eigenvalue weighted by Crippen LogP contribution is -2.34. The molecule has 2 aliphatic rings. The molecule has 0 N–H and O–H groups in total. The van der Waals surface area contributed by atoms with Crippen molar-refractivity contribution in [1.29, 1.82) is 0 Å². The van der Waals surface area contributed by atoms with E-state index in [1.807, 2.05) is 11.3 Å². The molecule has 3 heteroatoms. The van der Waals surface area contributed by atoms with Gasteiger partial charge in [0.05, 0.1) is 5.69 Å². The van der Waals surface area contributed by atoms with E-state index < -0.39 is 0 Å². The first kappa shape index (κ1) is 31.5. The van der Waals surface area contributed by atoms with Crippen molar-refractivity contribution < 1.29 is 0 Å². The highest BCUT2D eigenvalue weighted by Crippen LogP contribution is 2.53. The summed E-state index contributed by atoms with van der Waals surface area (Å²) in [6, 6.07) is 27.2. The number of fused-ring (bicyclic) bond motifs is 3. The fourth-order valence-corrected chi connectivity index (χ4v) is 9.28. The van der Waals surface area contributed by atoms with Crippen LogP contribution in [-0.4, -0.2) is 0 Å². The molecule has 1 nitrogen and oxygen atoms in total. The summed E-state index contributed by atoms with van der Waals surface area (Å²) in [5, 5.41) is 4.46. The lowest BCUT2D eigenvalue weighted by molar-refractivity contribution is 0.332. The third-order valence-corrected chi connectivity index (χ3v) is 12.6. The van der Waals surface area contributed by atoms with Gasteiger partial charge in [-0.25, -0.2) is 0 Å². The van der Waals surface area contributed by atoms with Crippen LogP contribution < -0.4 is 4.90 Å². The maximum atomic E-state index is 6.99. The first-order chi connectivity index (χ1) is 21.6. The van der Waals surface area contributed by atoms with Gasteiger partial charge in [-0.3, -0.25) is 0 Å². The van der Waals surface area contributed by atoms with Crippen LogP contribution in [0.3, 0.4) is 0 Å². The van der Waals surface area contributed by atoms with Crippen LogP contribution in [0.15, 0.2) is 78.2 Å². The van der Waals surface area contributed by atoms with E-state index in [4.69, 9.17) is 11.6 Å². The van der Waals surface area contributed by atoms with Crippen molar-refractivity contribution in [3.05, 3.63) is 111 Å². The van der Waals surface area contributed by atoms with E-state index in [0.717, 1.165) is 16.3 Å². The minimum Gasteiger partial charge on any atom is -0.309 e. The Morgan fingerprint density at radius 2 is 1.13 bits per heavy atom. The molecule has 5 aromatic rings. The molecule has 1 aromatic heterocycles. The average molecular weight is 646 g/mol. The van der Waals surface area contributed by atoms with Gasteiger partial charge in [0.15, 0.2) is 0 Å². The van der Waals surface area contributed by atoms with Gasteiger partial charge in [-0.05, 0) is 130 Å². The smallest absolute Gasteiger partial charge is 0.0647 e. The zero-order chi connectivity index (χ0) is 32.8. The van der Waals surface area contributed by atoms with Crippen molar-refractivity contribution in [1.82, 2.24) is 0 Å². The Balaban J connectivity index is 1.52. The zero-order valence-corrected chi connectivity index (χ0v) is 30.6. The number of halogens is 1. The summed E-state index contributed by atoms with van der Waals surface area (Å²) >= 11 is 8.86. The minimum atomic E-state index is 0.105. The third kappa shape index (κ3) is 5.21. The molecule has 4 aromatic carbocycles. The second-order valence-electron chi connectivity index (χ2n) is 16.6. The van der Waals surface area contributed by atoms with Crippen LogP contribution in [0.4, 0.5) is 17.1 Å². The van der Waals surface area contributed by atoms with Crippen molar-refractivity contribution in [2.75, 3.05) is 4.90 Å². The minimum absolute atomic E-state index is 0.105. The average Bonchev–Trinajstić information content (AvgIpc) is 3.41. The third-order valence-electron chi connectivity index (χ3n) is 11.4. The molecular weight excluding hydrogens is 598 g/mol. The summed E-state index contributed by atoms with van der Waals surface area (Å²) in [4.78, 5) is 2.51. The number of benzene rings is 4. The van der Waals surface area contributed by atoms with Gasteiger partial charge in [-0.15, -0.1) is 11.3 Å². The van der Waals surface area contributed by atoms with E-state index in [1.54, 1.807) is 0 Å². The molecule has 0 atom stereocenters. The van der Waals surface area contributed by atoms with Crippen molar-refractivity contribution in [3.8, 4) is 11.1 Å². The van der Waals surface area contributed by atoms with Crippen LogP contribution in [0.2, 0.25) is 5.02 Å². The number of hydrogen-bond acceptors (Lipinski definition) is 2. The molecule has 0 spiro atoms. The molecule has 0 fully saturated rings. The number of rotatable bonds is 4. The summed E-state index contributed by atoms with van der Waals surface area (Å²) < 4.78 is 1.35. The van der Waals surface area contributed by atoms with Crippen LogP contribution in [0.5, 0.6) is 0 Å². The van der Waals surface area contributed by atoms with Gasteiger partial charge < -0.3 is 4.90 Å². The molecule has 0 saturated heterocycles. The van der Waals surface area contributed by atoms with E-state index in [1.165, 1.54) is 80.5 Å². The number of thiophene rings is 1. The van der Waals surface area contributed by atoms with E-state index in [2.05, 4.69) is 145 Å². The van der Waals surface area contributed by atoms with Gasteiger partial charge in [0.1, 0.15) is 0 Å². The molecular formula is C43H48ClNS. The molecule has 238 valence electrons. The summed E-state index contributed by atoms with van der Waals surface area (Å²) in [5.41, 5.74) is 13.7. The van der Waals surface area contributed by atoms with E-state index in [0.29, 0.717) is 0 Å². The number of aryl methyl sites for hydroxylation is 1. The first-order valence-corrected chi connectivity index (χ1v) is 18.2. The van der Waals surface area contributed by atoms with E-state index >= 15 is 0 Å². The van der Waals surface area contributed by atoms with Gasteiger partial charge in [-0.2, -0.15) is 0 Å². The summed E-state index contributed by atoms with van der Waals surface area (Å²) in [6.07, 6.45) is 4.80. The van der Waals surface area contributed by atoms with Crippen LogP contribution >= 0.6 is 22.9 Å². The fourth-order valence-electron chi connectivity index (χ4n) is 8.11. The van der Waals surface area contributed by atoms with E-state index in [9.17, 15) is 0 Å². The van der Waals surface area contributed by atoms with Crippen molar-refractivity contribution in [2.45, 2.75) is 110 Å². The largest absolute Gasteiger partial charge is 0.309 e. The zero-order valence-electron chi connectivity index (χ0n) is 29.1. The molecule has 2 aliphatic carbocycles. The molecule has 0 aliphatic heterocycles. The maximum Gasteiger partial charge on any atom is 0.0647 e. The lowest BCUT2D eigenvalue weighted by atomic mass is 9.62. The quantitative estimate of drug-likeness (QED) is 0.188. The maximum absolute atomic E-state index is 6.99. The first-order valence-electron chi connectivity index (χ1n) is 17.0. The SMILES string of the molecule is Cc1cc2c(cc1N(c1cc(Cl)cc(-c3ccccc3)c1)c1csc3cc4c(cc13)C(C)(C)CCC4(C)C)C(C)(C)CCC2(C)C. The van der Waals surface area contributed by atoms with Crippen LogP contribution in [0.1, 0.15) is 109 Å². The van der Waals surface area contributed by atoms with E-state index in [-0.39, 0.29) is 21.7 Å². The van der Waals surface area contributed by atoms with Crippen LogP contribution in [-0.2, 0) is 21.7 Å². The summed E-state index contributed by atoms with van der Waals surface area (Å²) in [5.74, 6) is 0. The highest BCUT2D eigenvalue weighted by atomic mass is 35.5.